The van der Waals surface area contributed by atoms with E-state index in [9.17, 15) is 0 Å². The number of piperazine rings is 1. The number of imidazole rings is 1. The molecular weight excluding hydrogens is 266 g/mol. The molecule has 1 aliphatic rings. The number of nitrogens with one attached hydrogen (secondary N) is 2. The van der Waals surface area contributed by atoms with Crippen LogP contribution in [0.4, 0.5) is 11.6 Å². The molecule has 7 nitrogen and oxygen atoms in total. The number of aromatic nitrogens is 3. The smallest absolute Gasteiger partial charge is 0.180 e. The van der Waals surface area contributed by atoms with Crippen LogP contribution in [0.5, 0.6) is 0 Å². The van der Waals surface area contributed by atoms with Crippen LogP contribution in [0.1, 0.15) is 0 Å². The summed E-state index contributed by atoms with van der Waals surface area (Å²) in [4.78, 5) is 13.7. The third-order valence-corrected chi connectivity index (χ3v) is 4.12. The van der Waals surface area contributed by atoms with Gasteiger partial charge < -0.3 is 19.9 Å². The highest BCUT2D eigenvalue weighted by Gasteiger charge is 2.22. The molecule has 1 unspecified atom stereocenters. The fourth-order valence-corrected chi connectivity index (χ4v) is 2.71. The zero-order chi connectivity index (χ0) is 14.8. The molecule has 114 valence electrons. The van der Waals surface area contributed by atoms with Gasteiger partial charge in [-0.05, 0) is 14.1 Å². The van der Waals surface area contributed by atoms with E-state index in [1.165, 1.54) is 0 Å². The highest BCUT2D eigenvalue weighted by atomic mass is 15.3. The lowest BCUT2D eigenvalue weighted by atomic mass is 10.2. The molecular formula is C14H23N7. The SMILES string of the molecule is CNc1cn2ccnc2c(NCC2CN(C)CCN2C)n1. The predicted octanol–water partition coefficient (Wildman–Crippen LogP) is 0.429. The number of likely N-dealkylation sites (N-methyl/N-ethyl adjacent to an activating group) is 2. The Morgan fingerprint density at radius 2 is 2.19 bits per heavy atom. The van der Waals surface area contributed by atoms with Gasteiger partial charge in [-0.2, -0.15) is 0 Å². The number of hydrogen-bond acceptors (Lipinski definition) is 6. The lowest BCUT2D eigenvalue weighted by molar-refractivity contribution is 0.122. The standard InChI is InChI=1S/C14H23N7/c1-15-12-10-21-5-4-16-14(21)13(18-12)17-8-11-9-19(2)6-7-20(11)3/h4-5,10-11,15H,6-9H2,1-3H3,(H,17,18). The summed E-state index contributed by atoms with van der Waals surface area (Å²) in [5, 5.41) is 6.55. The van der Waals surface area contributed by atoms with Gasteiger partial charge >= 0.3 is 0 Å². The van der Waals surface area contributed by atoms with E-state index in [0.29, 0.717) is 6.04 Å². The Morgan fingerprint density at radius 1 is 1.33 bits per heavy atom. The Hall–Kier alpha value is -1.86. The van der Waals surface area contributed by atoms with Crippen molar-refractivity contribution in [3.8, 4) is 0 Å². The maximum absolute atomic E-state index is 4.58. The Balaban J connectivity index is 1.76. The van der Waals surface area contributed by atoms with Crippen molar-refractivity contribution in [2.75, 3.05) is 58.0 Å². The van der Waals surface area contributed by atoms with Crippen molar-refractivity contribution in [2.24, 2.45) is 0 Å². The van der Waals surface area contributed by atoms with E-state index < -0.39 is 0 Å². The summed E-state index contributed by atoms with van der Waals surface area (Å²) in [6.07, 6.45) is 5.67. The molecule has 2 aromatic heterocycles. The van der Waals surface area contributed by atoms with Gasteiger partial charge in [0.05, 0.1) is 6.20 Å². The van der Waals surface area contributed by atoms with Gasteiger partial charge in [0, 0.05) is 51.7 Å². The molecule has 7 heteroatoms. The van der Waals surface area contributed by atoms with E-state index in [-0.39, 0.29) is 0 Å². The van der Waals surface area contributed by atoms with Crippen LogP contribution in [-0.2, 0) is 0 Å². The van der Waals surface area contributed by atoms with E-state index >= 15 is 0 Å². The Morgan fingerprint density at radius 3 is 3.00 bits per heavy atom. The van der Waals surface area contributed by atoms with Crippen molar-refractivity contribution in [1.82, 2.24) is 24.2 Å². The first-order valence-electron chi connectivity index (χ1n) is 7.31. The maximum atomic E-state index is 4.58. The van der Waals surface area contributed by atoms with Crippen LogP contribution in [0.3, 0.4) is 0 Å². The minimum absolute atomic E-state index is 0.485. The fraction of sp³-hybridized carbons (Fsp3) is 0.571. The number of nitrogens with zero attached hydrogens (tertiary/aromatic N) is 5. The minimum Gasteiger partial charge on any atom is -0.372 e. The number of anilines is 2. The summed E-state index contributed by atoms with van der Waals surface area (Å²) in [5.74, 6) is 1.66. The van der Waals surface area contributed by atoms with Crippen LogP contribution in [-0.4, -0.2) is 77.5 Å². The fourth-order valence-electron chi connectivity index (χ4n) is 2.71. The molecule has 2 aromatic rings. The van der Waals surface area contributed by atoms with E-state index in [1.807, 2.05) is 23.8 Å². The van der Waals surface area contributed by atoms with Crippen LogP contribution in [0, 0.1) is 0 Å². The lowest BCUT2D eigenvalue weighted by Crippen LogP contribution is -2.52. The van der Waals surface area contributed by atoms with Gasteiger partial charge in [0.25, 0.3) is 0 Å². The third kappa shape index (κ3) is 2.93. The van der Waals surface area contributed by atoms with E-state index in [0.717, 1.165) is 43.5 Å². The van der Waals surface area contributed by atoms with Crippen LogP contribution in [0.2, 0.25) is 0 Å². The van der Waals surface area contributed by atoms with Crippen molar-refractivity contribution >= 4 is 17.3 Å². The zero-order valence-electron chi connectivity index (χ0n) is 12.9. The highest BCUT2D eigenvalue weighted by Crippen LogP contribution is 2.16. The van der Waals surface area contributed by atoms with Crippen LogP contribution in [0.25, 0.3) is 5.65 Å². The third-order valence-electron chi connectivity index (χ3n) is 4.12. The second-order valence-electron chi connectivity index (χ2n) is 5.66. The average Bonchev–Trinajstić information content (AvgIpc) is 2.96. The monoisotopic (exact) mass is 289 g/mol. The predicted molar refractivity (Wildman–Crippen MR) is 84.9 cm³/mol. The summed E-state index contributed by atoms with van der Waals surface area (Å²) in [7, 11) is 6.23. The minimum atomic E-state index is 0.485. The molecule has 2 N–H and O–H groups in total. The summed E-state index contributed by atoms with van der Waals surface area (Å²) >= 11 is 0. The normalized spacial score (nSPS) is 20.8. The van der Waals surface area contributed by atoms with Gasteiger partial charge in [-0.25, -0.2) is 9.97 Å². The molecule has 0 spiro atoms. The molecule has 0 amide bonds. The molecule has 21 heavy (non-hydrogen) atoms. The van der Waals surface area contributed by atoms with Crippen LogP contribution < -0.4 is 10.6 Å². The van der Waals surface area contributed by atoms with Gasteiger partial charge in [0.1, 0.15) is 5.82 Å². The first-order valence-corrected chi connectivity index (χ1v) is 7.31. The molecule has 1 fully saturated rings. The van der Waals surface area contributed by atoms with Crippen molar-refractivity contribution in [2.45, 2.75) is 6.04 Å². The highest BCUT2D eigenvalue weighted by molar-refractivity contribution is 5.65. The molecule has 1 atom stereocenters. The van der Waals surface area contributed by atoms with Crippen molar-refractivity contribution in [3.63, 3.8) is 0 Å². The second kappa shape index (κ2) is 5.87. The van der Waals surface area contributed by atoms with Crippen LogP contribution >= 0.6 is 0 Å². The van der Waals surface area contributed by atoms with Gasteiger partial charge in [0.15, 0.2) is 11.5 Å². The molecule has 1 saturated heterocycles. The number of fused-ring (bicyclic) bond motifs is 1. The van der Waals surface area contributed by atoms with Crippen molar-refractivity contribution in [1.29, 1.82) is 0 Å². The second-order valence-corrected chi connectivity index (χ2v) is 5.66. The summed E-state index contributed by atoms with van der Waals surface area (Å²) in [6.45, 7) is 4.17. The molecule has 0 bridgehead atoms. The molecule has 1 aliphatic heterocycles. The maximum Gasteiger partial charge on any atom is 0.180 e. The van der Waals surface area contributed by atoms with Gasteiger partial charge in [-0.3, -0.25) is 4.90 Å². The van der Waals surface area contributed by atoms with E-state index in [4.69, 9.17) is 0 Å². The molecule has 0 aromatic carbocycles. The Labute approximate surface area is 125 Å². The molecule has 0 radical (unpaired) electrons. The van der Waals surface area contributed by atoms with Gasteiger partial charge in [0.2, 0.25) is 0 Å². The first kappa shape index (κ1) is 14.1. The Bertz CT molecular complexity index is 608. The molecule has 0 saturated carbocycles. The largest absolute Gasteiger partial charge is 0.372 e. The van der Waals surface area contributed by atoms with Crippen molar-refractivity contribution in [3.05, 3.63) is 18.6 Å². The molecule has 0 aliphatic carbocycles. The summed E-state index contributed by atoms with van der Waals surface area (Å²) in [6, 6.07) is 0.485. The van der Waals surface area contributed by atoms with Gasteiger partial charge in [-0.1, -0.05) is 0 Å². The summed E-state index contributed by atoms with van der Waals surface area (Å²) < 4.78 is 1.98. The average molecular weight is 289 g/mol. The van der Waals surface area contributed by atoms with Crippen LogP contribution in [0.15, 0.2) is 18.6 Å². The topological polar surface area (TPSA) is 60.7 Å². The van der Waals surface area contributed by atoms with Gasteiger partial charge in [-0.15, -0.1) is 0 Å². The number of hydrogen-bond donors (Lipinski definition) is 2. The van der Waals surface area contributed by atoms with E-state index in [1.54, 1.807) is 6.20 Å². The molecule has 3 rings (SSSR count). The Kier molecular flexibility index (Phi) is 3.94. The lowest BCUT2D eigenvalue weighted by Gasteiger charge is -2.37. The van der Waals surface area contributed by atoms with E-state index in [2.05, 4.69) is 44.5 Å². The zero-order valence-corrected chi connectivity index (χ0v) is 12.9. The quantitative estimate of drug-likeness (QED) is 0.851. The number of rotatable bonds is 4. The summed E-state index contributed by atoms with van der Waals surface area (Å²) in [5.41, 5.74) is 0.862. The first-order chi connectivity index (χ1) is 10.2. The molecule has 3 heterocycles. The van der Waals surface area contributed by atoms with Crippen molar-refractivity contribution < 1.29 is 0 Å².